The number of aliphatic hydroxyl groups is 1. The van der Waals surface area contributed by atoms with Gasteiger partial charge in [-0.2, -0.15) is 0 Å². The highest BCUT2D eigenvalue weighted by Crippen LogP contribution is 2.14. The summed E-state index contributed by atoms with van der Waals surface area (Å²) in [4.78, 5) is 0. The van der Waals surface area contributed by atoms with Crippen LogP contribution < -0.4 is 0 Å². The summed E-state index contributed by atoms with van der Waals surface area (Å²) in [7, 11) is 1.63. The molecule has 0 aliphatic carbocycles. The molecule has 0 aromatic rings. The van der Waals surface area contributed by atoms with Crippen molar-refractivity contribution in [2.75, 3.05) is 13.7 Å². The van der Waals surface area contributed by atoms with Gasteiger partial charge < -0.3 is 9.84 Å². The fourth-order valence-electron chi connectivity index (χ4n) is 0.775. The molecule has 0 aliphatic rings. The van der Waals surface area contributed by atoms with Crippen LogP contribution in [0, 0.1) is 0 Å². The van der Waals surface area contributed by atoms with Crippen LogP contribution in [0.4, 0.5) is 0 Å². The van der Waals surface area contributed by atoms with Crippen molar-refractivity contribution >= 4 is 0 Å². The Labute approximate surface area is 56.8 Å². The van der Waals surface area contributed by atoms with Gasteiger partial charge in [-0.3, -0.25) is 0 Å². The van der Waals surface area contributed by atoms with Gasteiger partial charge >= 0.3 is 0 Å². The van der Waals surface area contributed by atoms with Crippen LogP contribution in [0.2, 0.25) is 0 Å². The molecular formula is C7H16O2. The predicted molar refractivity (Wildman–Crippen MR) is 37.4 cm³/mol. The van der Waals surface area contributed by atoms with Crippen molar-refractivity contribution in [3.8, 4) is 0 Å². The fraction of sp³-hybridized carbons (Fsp3) is 1.00. The molecule has 0 heterocycles. The summed E-state index contributed by atoms with van der Waals surface area (Å²) in [5.74, 6) is 0. The highest BCUT2D eigenvalue weighted by Gasteiger charge is 2.20. The summed E-state index contributed by atoms with van der Waals surface area (Å²) < 4.78 is 5.08. The molecule has 0 fully saturated rings. The molecule has 0 saturated carbocycles. The molecule has 2 nitrogen and oxygen atoms in total. The fourth-order valence-corrected chi connectivity index (χ4v) is 0.775. The van der Waals surface area contributed by atoms with Gasteiger partial charge in [0.2, 0.25) is 0 Å². The van der Waals surface area contributed by atoms with Crippen molar-refractivity contribution in [2.24, 2.45) is 0 Å². The minimum atomic E-state index is -0.311. The number of hydrogen-bond acceptors (Lipinski definition) is 2. The van der Waals surface area contributed by atoms with Gasteiger partial charge in [0.1, 0.15) is 0 Å². The Morgan fingerprint density at radius 3 is 2.22 bits per heavy atom. The van der Waals surface area contributed by atoms with Crippen LogP contribution in [0.15, 0.2) is 0 Å². The van der Waals surface area contributed by atoms with Gasteiger partial charge in [-0.1, -0.05) is 13.3 Å². The molecule has 0 spiro atoms. The molecular weight excluding hydrogens is 116 g/mol. The van der Waals surface area contributed by atoms with Gasteiger partial charge in [0.15, 0.2) is 0 Å². The first-order valence-corrected chi connectivity index (χ1v) is 3.34. The highest BCUT2D eigenvalue weighted by atomic mass is 16.5. The first-order chi connectivity index (χ1) is 4.18. The Hall–Kier alpha value is -0.0800. The summed E-state index contributed by atoms with van der Waals surface area (Å²) >= 11 is 0. The monoisotopic (exact) mass is 132 g/mol. The summed E-state index contributed by atoms with van der Waals surface area (Å²) in [5, 5.41) is 8.79. The largest absolute Gasteiger partial charge is 0.393 e. The Morgan fingerprint density at radius 1 is 1.56 bits per heavy atom. The zero-order valence-electron chi connectivity index (χ0n) is 6.48. The lowest BCUT2D eigenvalue weighted by Gasteiger charge is -2.24. The Kier molecular flexibility index (Phi) is 3.82. The van der Waals surface area contributed by atoms with E-state index in [0.717, 1.165) is 12.8 Å². The lowest BCUT2D eigenvalue weighted by Crippen LogP contribution is -2.31. The van der Waals surface area contributed by atoms with Crippen molar-refractivity contribution < 1.29 is 9.84 Å². The second-order valence-corrected chi connectivity index (χ2v) is 2.56. The molecule has 0 amide bonds. The molecule has 1 atom stereocenters. The van der Waals surface area contributed by atoms with E-state index in [0.29, 0.717) is 0 Å². The standard InChI is InChI=1S/C7H16O2/c1-4-5-7(2,6-8)9-3/h8H,4-6H2,1-3H3/t7-/m0/s1. The lowest BCUT2D eigenvalue weighted by atomic mass is 10.0. The molecule has 9 heavy (non-hydrogen) atoms. The molecule has 0 radical (unpaired) electrons. The van der Waals surface area contributed by atoms with Crippen molar-refractivity contribution in [2.45, 2.75) is 32.3 Å². The second-order valence-electron chi connectivity index (χ2n) is 2.56. The normalized spacial score (nSPS) is 17.3. The summed E-state index contributed by atoms with van der Waals surface area (Å²) in [6.07, 6.45) is 1.96. The van der Waals surface area contributed by atoms with Crippen LogP contribution in [-0.4, -0.2) is 24.4 Å². The average Bonchev–Trinajstić information content (AvgIpc) is 1.89. The van der Waals surface area contributed by atoms with Crippen LogP contribution in [-0.2, 0) is 4.74 Å². The number of ether oxygens (including phenoxy) is 1. The second kappa shape index (κ2) is 3.85. The third kappa shape index (κ3) is 2.82. The van der Waals surface area contributed by atoms with E-state index < -0.39 is 0 Å². The molecule has 0 rings (SSSR count). The molecule has 0 unspecified atom stereocenters. The van der Waals surface area contributed by atoms with Crippen molar-refractivity contribution in [3.05, 3.63) is 0 Å². The molecule has 0 aromatic carbocycles. The summed E-state index contributed by atoms with van der Waals surface area (Å²) in [5.41, 5.74) is -0.311. The van der Waals surface area contributed by atoms with E-state index in [4.69, 9.17) is 9.84 Å². The Balaban J connectivity index is 3.62. The quantitative estimate of drug-likeness (QED) is 0.622. The summed E-state index contributed by atoms with van der Waals surface area (Å²) in [6.45, 7) is 4.10. The van der Waals surface area contributed by atoms with Crippen LogP contribution >= 0.6 is 0 Å². The maximum Gasteiger partial charge on any atom is 0.0880 e. The minimum Gasteiger partial charge on any atom is -0.393 e. The topological polar surface area (TPSA) is 29.5 Å². The number of hydrogen-bond donors (Lipinski definition) is 1. The Morgan fingerprint density at radius 2 is 2.11 bits per heavy atom. The van der Waals surface area contributed by atoms with Gasteiger partial charge in [0, 0.05) is 7.11 Å². The van der Waals surface area contributed by atoms with Crippen LogP contribution in [0.3, 0.4) is 0 Å². The van der Waals surface area contributed by atoms with E-state index in [1.165, 1.54) is 0 Å². The predicted octanol–water partition coefficient (Wildman–Crippen LogP) is 1.18. The van der Waals surface area contributed by atoms with Crippen LogP contribution in [0.1, 0.15) is 26.7 Å². The van der Waals surface area contributed by atoms with Gasteiger partial charge in [0.05, 0.1) is 12.2 Å². The van der Waals surface area contributed by atoms with Gasteiger partial charge in [-0.25, -0.2) is 0 Å². The zero-order valence-corrected chi connectivity index (χ0v) is 6.48. The van der Waals surface area contributed by atoms with Crippen molar-refractivity contribution in [3.63, 3.8) is 0 Å². The smallest absolute Gasteiger partial charge is 0.0880 e. The van der Waals surface area contributed by atoms with E-state index in [1.807, 2.05) is 6.92 Å². The molecule has 1 N–H and O–H groups in total. The van der Waals surface area contributed by atoms with Crippen molar-refractivity contribution in [1.82, 2.24) is 0 Å². The highest BCUT2D eigenvalue weighted by molar-refractivity contribution is 4.71. The van der Waals surface area contributed by atoms with Crippen LogP contribution in [0.5, 0.6) is 0 Å². The number of rotatable bonds is 4. The third-order valence-corrected chi connectivity index (χ3v) is 1.61. The van der Waals surface area contributed by atoms with E-state index >= 15 is 0 Å². The van der Waals surface area contributed by atoms with Crippen molar-refractivity contribution in [1.29, 1.82) is 0 Å². The van der Waals surface area contributed by atoms with Gasteiger partial charge in [-0.15, -0.1) is 0 Å². The molecule has 0 aliphatic heterocycles. The Bertz CT molecular complexity index is 67.3. The number of aliphatic hydroxyl groups excluding tert-OH is 1. The van der Waals surface area contributed by atoms with Gasteiger partial charge in [0.25, 0.3) is 0 Å². The first kappa shape index (κ1) is 8.92. The van der Waals surface area contributed by atoms with E-state index in [1.54, 1.807) is 7.11 Å². The first-order valence-electron chi connectivity index (χ1n) is 3.34. The van der Waals surface area contributed by atoms with E-state index in [2.05, 4.69) is 6.92 Å². The summed E-state index contributed by atoms with van der Waals surface area (Å²) in [6, 6.07) is 0. The number of methoxy groups -OCH3 is 1. The maximum atomic E-state index is 8.79. The maximum absolute atomic E-state index is 8.79. The van der Waals surface area contributed by atoms with E-state index in [-0.39, 0.29) is 12.2 Å². The zero-order chi connectivity index (χ0) is 7.33. The average molecular weight is 132 g/mol. The molecule has 56 valence electrons. The van der Waals surface area contributed by atoms with Crippen LogP contribution in [0.25, 0.3) is 0 Å². The molecule has 0 aromatic heterocycles. The lowest BCUT2D eigenvalue weighted by molar-refractivity contribution is -0.0435. The molecule has 0 saturated heterocycles. The third-order valence-electron chi connectivity index (χ3n) is 1.61. The minimum absolute atomic E-state index is 0.108. The molecule has 2 heteroatoms. The SMILES string of the molecule is CCC[C@@](C)(CO)OC. The molecule has 0 bridgehead atoms. The van der Waals surface area contributed by atoms with Gasteiger partial charge in [-0.05, 0) is 13.3 Å². The van der Waals surface area contributed by atoms with E-state index in [9.17, 15) is 0 Å².